The van der Waals surface area contributed by atoms with Crippen LogP contribution in [0.2, 0.25) is 5.02 Å². The molecule has 0 radical (unpaired) electrons. The fourth-order valence-electron chi connectivity index (χ4n) is 4.58. The lowest BCUT2D eigenvalue weighted by Gasteiger charge is -2.39. The number of thioether (sulfide) groups is 1. The fourth-order valence-corrected chi connectivity index (χ4v) is 5.10. The van der Waals surface area contributed by atoms with Crippen LogP contribution in [0, 0.1) is 0 Å². The van der Waals surface area contributed by atoms with Crippen LogP contribution in [0.1, 0.15) is 28.8 Å². The first-order valence-electron chi connectivity index (χ1n) is 10.8. The van der Waals surface area contributed by atoms with Crippen LogP contribution in [0.5, 0.6) is 11.5 Å². The predicted molar refractivity (Wildman–Crippen MR) is 135 cm³/mol. The van der Waals surface area contributed by atoms with E-state index in [0.717, 1.165) is 39.5 Å². The Morgan fingerprint density at radius 2 is 1.82 bits per heavy atom. The number of ether oxygens (including phenoxy) is 2. The van der Waals surface area contributed by atoms with E-state index in [9.17, 15) is 0 Å². The molecule has 0 aliphatic carbocycles. The lowest BCUT2D eigenvalue weighted by atomic mass is 9.84. The van der Waals surface area contributed by atoms with Crippen LogP contribution in [0.4, 0.5) is 5.95 Å². The maximum atomic E-state index is 6.64. The summed E-state index contributed by atoms with van der Waals surface area (Å²) in [7, 11) is 1.67. The molecule has 3 aromatic carbocycles. The van der Waals surface area contributed by atoms with E-state index in [4.69, 9.17) is 31.2 Å². The molecule has 170 valence electrons. The highest BCUT2D eigenvalue weighted by atomic mass is 35.5. The van der Waals surface area contributed by atoms with Crippen LogP contribution in [0.3, 0.4) is 0 Å². The normalized spacial score (nSPS) is 18.3. The van der Waals surface area contributed by atoms with Crippen molar-refractivity contribution in [1.82, 2.24) is 14.8 Å². The number of fused-ring (bicyclic) bond motifs is 3. The third-order valence-electron chi connectivity index (χ3n) is 6.13. The monoisotopic (exact) mass is 488 g/mol. The summed E-state index contributed by atoms with van der Waals surface area (Å²) in [6.45, 7) is 0. The summed E-state index contributed by atoms with van der Waals surface area (Å²) in [6.07, 6.45) is 1.65. The third-order valence-corrected chi connectivity index (χ3v) is 6.90. The smallest absolute Gasteiger partial charge is 0.227 e. The Balaban J connectivity index is 1.63. The van der Waals surface area contributed by atoms with Crippen molar-refractivity contribution in [3.05, 3.63) is 100 Å². The predicted octanol–water partition coefficient (Wildman–Crippen LogP) is 6.22. The largest absolute Gasteiger partial charge is 0.497 e. The number of anilines is 1. The standard InChI is InChI=1S/C26H21ClN4O2S/c1-32-18-11-8-15(9-12-18)23-21-22(28-25-29-26(34-2)30-31(23)25)19-14-17(27)10-13-20(19)33-24(21)16-6-4-3-5-7-16/h3-14,23-24H,1-2H3,(H,28,29,30). The first kappa shape index (κ1) is 21.1. The minimum absolute atomic E-state index is 0.233. The van der Waals surface area contributed by atoms with Gasteiger partial charge in [-0.05, 0) is 47.7 Å². The van der Waals surface area contributed by atoms with Gasteiger partial charge in [-0.1, -0.05) is 65.8 Å². The van der Waals surface area contributed by atoms with E-state index < -0.39 is 0 Å². The average Bonchev–Trinajstić information content (AvgIpc) is 3.31. The van der Waals surface area contributed by atoms with Crippen molar-refractivity contribution in [3.8, 4) is 11.5 Å². The summed E-state index contributed by atoms with van der Waals surface area (Å²) in [5.74, 6) is 2.26. The molecule has 34 heavy (non-hydrogen) atoms. The second-order valence-electron chi connectivity index (χ2n) is 8.05. The van der Waals surface area contributed by atoms with Crippen molar-refractivity contribution < 1.29 is 9.47 Å². The summed E-state index contributed by atoms with van der Waals surface area (Å²) in [5.41, 5.74) is 5.03. The second kappa shape index (κ2) is 8.42. The molecule has 1 aromatic heterocycles. The first-order chi connectivity index (χ1) is 16.7. The SMILES string of the molecule is COc1ccc(C2C3=C(Nc4nc(SC)nn42)c2cc(Cl)ccc2OC3c2ccccc2)cc1. The molecule has 1 N–H and O–H groups in total. The van der Waals surface area contributed by atoms with E-state index >= 15 is 0 Å². The molecular formula is C26H21ClN4O2S. The van der Waals surface area contributed by atoms with Gasteiger partial charge in [0.1, 0.15) is 23.6 Å². The van der Waals surface area contributed by atoms with Crippen LogP contribution in [-0.2, 0) is 0 Å². The molecular weight excluding hydrogens is 468 g/mol. The van der Waals surface area contributed by atoms with Crippen molar-refractivity contribution >= 4 is 35.0 Å². The van der Waals surface area contributed by atoms with Crippen molar-refractivity contribution in [2.24, 2.45) is 0 Å². The molecule has 6 rings (SSSR count). The molecule has 0 bridgehead atoms. The van der Waals surface area contributed by atoms with E-state index in [-0.39, 0.29) is 12.1 Å². The highest BCUT2D eigenvalue weighted by Crippen LogP contribution is 2.51. The molecule has 2 unspecified atom stereocenters. The Morgan fingerprint density at radius 3 is 2.56 bits per heavy atom. The molecule has 0 spiro atoms. The second-order valence-corrected chi connectivity index (χ2v) is 9.26. The third kappa shape index (κ3) is 3.43. The Labute approximate surface area is 206 Å². The highest BCUT2D eigenvalue weighted by molar-refractivity contribution is 7.98. The Kier molecular flexibility index (Phi) is 5.23. The summed E-state index contributed by atoms with van der Waals surface area (Å²) < 4.78 is 14.0. The van der Waals surface area contributed by atoms with Gasteiger partial charge >= 0.3 is 0 Å². The van der Waals surface area contributed by atoms with Gasteiger partial charge in [-0.3, -0.25) is 0 Å². The molecule has 0 saturated heterocycles. The molecule has 0 saturated carbocycles. The van der Waals surface area contributed by atoms with Gasteiger partial charge in [0, 0.05) is 16.2 Å². The van der Waals surface area contributed by atoms with Crippen molar-refractivity contribution in [1.29, 1.82) is 0 Å². The van der Waals surface area contributed by atoms with Crippen LogP contribution in [0.25, 0.3) is 5.70 Å². The summed E-state index contributed by atoms with van der Waals surface area (Å²) >= 11 is 7.93. The van der Waals surface area contributed by atoms with Gasteiger partial charge in [-0.25, -0.2) is 4.68 Å². The van der Waals surface area contributed by atoms with E-state index in [1.54, 1.807) is 7.11 Å². The summed E-state index contributed by atoms with van der Waals surface area (Å²) in [6, 6.07) is 23.8. The maximum absolute atomic E-state index is 6.64. The zero-order chi connectivity index (χ0) is 23.2. The number of hydrogen-bond donors (Lipinski definition) is 1. The van der Waals surface area contributed by atoms with Gasteiger partial charge in [0.2, 0.25) is 11.1 Å². The molecule has 2 atom stereocenters. The maximum Gasteiger partial charge on any atom is 0.227 e. The minimum atomic E-state index is -0.320. The fraction of sp³-hybridized carbons (Fsp3) is 0.154. The Bertz CT molecular complexity index is 1400. The number of nitrogens with one attached hydrogen (secondary N) is 1. The number of hydrogen-bond acceptors (Lipinski definition) is 6. The van der Waals surface area contributed by atoms with Crippen LogP contribution in [-0.4, -0.2) is 28.1 Å². The molecule has 4 aromatic rings. The van der Waals surface area contributed by atoms with Crippen LogP contribution in [0.15, 0.2) is 83.5 Å². The van der Waals surface area contributed by atoms with Gasteiger partial charge in [-0.2, -0.15) is 4.98 Å². The number of rotatable bonds is 4. The summed E-state index contributed by atoms with van der Waals surface area (Å²) in [4.78, 5) is 4.73. The molecule has 3 heterocycles. The van der Waals surface area contributed by atoms with Gasteiger partial charge in [-0.15, -0.1) is 5.10 Å². The van der Waals surface area contributed by atoms with Gasteiger partial charge in [0.15, 0.2) is 0 Å². The van der Waals surface area contributed by atoms with E-state index in [1.807, 2.05) is 59.5 Å². The van der Waals surface area contributed by atoms with E-state index in [2.05, 4.69) is 29.6 Å². The molecule has 0 amide bonds. The Hall–Kier alpha value is -3.42. The lowest BCUT2D eigenvalue weighted by Crippen LogP contribution is -2.32. The molecule has 0 fully saturated rings. The first-order valence-corrected chi connectivity index (χ1v) is 12.4. The van der Waals surface area contributed by atoms with Gasteiger partial charge in [0.25, 0.3) is 0 Å². The number of methoxy groups -OCH3 is 1. The van der Waals surface area contributed by atoms with Crippen LogP contribution < -0.4 is 14.8 Å². The van der Waals surface area contributed by atoms with Crippen molar-refractivity contribution in [3.63, 3.8) is 0 Å². The van der Waals surface area contributed by atoms with Crippen LogP contribution >= 0.6 is 23.4 Å². The van der Waals surface area contributed by atoms with E-state index in [0.29, 0.717) is 16.1 Å². The molecule has 2 aliphatic rings. The Morgan fingerprint density at radius 1 is 1.03 bits per heavy atom. The number of benzene rings is 3. The van der Waals surface area contributed by atoms with E-state index in [1.165, 1.54) is 11.8 Å². The molecule has 2 aliphatic heterocycles. The van der Waals surface area contributed by atoms with Gasteiger partial charge < -0.3 is 14.8 Å². The van der Waals surface area contributed by atoms with Crippen molar-refractivity contribution in [2.45, 2.75) is 17.3 Å². The van der Waals surface area contributed by atoms with Gasteiger partial charge in [0.05, 0.1) is 12.8 Å². The quantitative estimate of drug-likeness (QED) is 0.344. The summed E-state index contributed by atoms with van der Waals surface area (Å²) in [5, 5.41) is 9.72. The zero-order valence-electron chi connectivity index (χ0n) is 18.5. The number of aromatic nitrogens is 3. The highest BCUT2D eigenvalue weighted by Gasteiger charge is 2.41. The minimum Gasteiger partial charge on any atom is -0.497 e. The topological polar surface area (TPSA) is 61.2 Å². The molecule has 6 nitrogen and oxygen atoms in total. The lowest BCUT2D eigenvalue weighted by molar-refractivity contribution is 0.223. The number of halogens is 1. The molecule has 8 heteroatoms. The number of nitrogens with zero attached hydrogens (tertiary/aromatic N) is 3. The average molecular weight is 489 g/mol. The van der Waals surface area contributed by atoms with Crippen molar-refractivity contribution in [2.75, 3.05) is 18.7 Å². The zero-order valence-corrected chi connectivity index (χ0v) is 20.1.